The fraction of sp³-hybridized carbons (Fsp3) is 0.630. The van der Waals surface area contributed by atoms with Crippen LogP contribution in [0.5, 0.6) is 11.5 Å². The molecule has 0 saturated heterocycles. The number of carbonyl (C=O) groups excluding carboxylic acids is 4. The number of halogens is 3. The van der Waals surface area contributed by atoms with Crippen molar-refractivity contribution in [2.45, 2.75) is 152 Å². The Kier molecular flexibility index (Phi) is 36.4. The van der Waals surface area contributed by atoms with Crippen LogP contribution in [0, 0.1) is 0 Å². The van der Waals surface area contributed by atoms with Crippen LogP contribution >= 0.6 is 47.8 Å². The van der Waals surface area contributed by atoms with Crippen molar-refractivity contribution in [2.24, 2.45) is 0 Å². The fourth-order valence-corrected chi connectivity index (χ4v) is 5.94. The van der Waals surface area contributed by atoms with Crippen molar-refractivity contribution in [3.63, 3.8) is 0 Å². The molecular formula is C54H83Br3O12. The smallest absolute Gasteiger partial charge is 0.322 e. The van der Waals surface area contributed by atoms with Gasteiger partial charge in [0.05, 0.1) is 37.4 Å². The molecule has 1 N–H and O–H groups in total. The van der Waals surface area contributed by atoms with E-state index in [4.69, 9.17) is 38.3 Å². The molecule has 0 aliphatic carbocycles. The maximum atomic E-state index is 12.9. The van der Waals surface area contributed by atoms with Gasteiger partial charge in [0.15, 0.2) is 11.6 Å². The normalized spacial score (nSPS) is 11.6. The van der Waals surface area contributed by atoms with Crippen molar-refractivity contribution < 1.29 is 57.4 Å². The lowest BCUT2D eigenvalue weighted by molar-refractivity contribution is -0.145. The predicted molar refractivity (Wildman–Crippen MR) is 288 cm³/mol. The molecule has 2 aromatic carbocycles. The van der Waals surface area contributed by atoms with Gasteiger partial charge in [0.25, 0.3) is 0 Å². The highest BCUT2D eigenvalue weighted by molar-refractivity contribution is 9.20. The summed E-state index contributed by atoms with van der Waals surface area (Å²) < 4.78 is 37.7. The molecule has 0 aromatic heterocycles. The van der Waals surface area contributed by atoms with Gasteiger partial charge in [-0.05, 0) is 146 Å². The summed E-state index contributed by atoms with van der Waals surface area (Å²) in [5, 5.41) is 8.76. The minimum atomic E-state index is -0.881. The number of unbranched alkanes of at least 4 members (excludes halogenated alkanes) is 10. The number of ketones is 2. The molecule has 0 atom stereocenters. The van der Waals surface area contributed by atoms with Crippen LogP contribution in [-0.2, 0) is 33.3 Å². The highest BCUT2D eigenvalue weighted by atomic mass is 79.9. The van der Waals surface area contributed by atoms with Crippen LogP contribution in [0.25, 0.3) is 0 Å². The molecular weight excluding hydrogens is 1080 g/mol. The molecule has 0 radical (unpaired) electrons. The quantitative estimate of drug-likeness (QED) is 0.0171. The van der Waals surface area contributed by atoms with Gasteiger partial charge in [-0.25, -0.2) is 0 Å². The van der Waals surface area contributed by atoms with Crippen LogP contribution in [-0.4, -0.2) is 113 Å². The third-order valence-corrected chi connectivity index (χ3v) is 12.2. The van der Waals surface area contributed by atoms with Crippen molar-refractivity contribution in [3.8, 4) is 11.5 Å². The molecule has 0 amide bonds. The highest BCUT2D eigenvalue weighted by Gasteiger charge is 2.30. The Morgan fingerprint density at radius 2 is 0.841 bits per heavy atom. The van der Waals surface area contributed by atoms with Crippen molar-refractivity contribution in [3.05, 3.63) is 85.0 Å². The molecule has 15 heteroatoms. The maximum absolute atomic E-state index is 12.9. The number of ether oxygens (including phenoxy) is 7. The Balaban J connectivity index is 0.00000119. The van der Waals surface area contributed by atoms with Crippen LogP contribution in [0.3, 0.4) is 0 Å². The summed E-state index contributed by atoms with van der Waals surface area (Å²) in [5.74, 6) is 1.10. The lowest BCUT2D eigenvalue weighted by Crippen LogP contribution is -2.35. The van der Waals surface area contributed by atoms with Crippen LogP contribution in [0.4, 0.5) is 0 Å². The van der Waals surface area contributed by atoms with E-state index in [-0.39, 0.29) is 28.8 Å². The van der Waals surface area contributed by atoms with E-state index in [1.54, 1.807) is 88.4 Å². The Labute approximate surface area is 439 Å². The van der Waals surface area contributed by atoms with Crippen molar-refractivity contribution in [2.75, 3.05) is 66.1 Å². The molecule has 0 heterocycles. The van der Waals surface area contributed by atoms with Gasteiger partial charge in [-0.2, -0.15) is 0 Å². The third-order valence-electron chi connectivity index (χ3n) is 9.99. The summed E-state index contributed by atoms with van der Waals surface area (Å²) in [6.45, 7) is 26.3. The van der Waals surface area contributed by atoms with Crippen molar-refractivity contribution >= 4 is 70.0 Å². The van der Waals surface area contributed by atoms with E-state index in [0.29, 0.717) is 82.1 Å². The monoisotopic (exact) mass is 1160 g/mol. The van der Waals surface area contributed by atoms with E-state index >= 15 is 0 Å². The van der Waals surface area contributed by atoms with E-state index in [9.17, 15) is 19.2 Å². The molecule has 2 aromatic rings. The number of rotatable bonds is 37. The van der Waals surface area contributed by atoms with Crippen LogP contribution < -0.4 is 9.47 Å². The SMILES string of the molecule is C=CCOCCOc1ccc(C(=O)C(C)(C)OCCCCCCCCO)cc1.C=CCOCCOc1ccc(C(=O)C(C)(C)OCCCCCCCCOC(=O)C(C)(C)Br)cc1.CC(C)(Br)C(=O)Br. The topological polar surface area (TPSA) is 153 Å². The summed E-state index contributed by atoms with van der Waals surface area (Å²) >= 11 is 9.25. The van der Waals surface area contributed by atoms with E-state index < -0.39 is 19.9 Å². The number of aliphatic hydroxyl groups excluding tert-OH is 1. The number of hydrogen-bond donors (Lipinski definition) is 1. The fourth-order valence-electron chi connectivity index (χ4n) is 5.82. The summed E-state index contributed by atoms with van der Waals surface area (Å²) in [6, 6.07) is 14.2. The van der Waals surface area contributed by atoms with Gasteiger partial charge in [0, 0.05) is 30.9 Å². The Morgan fingerprint density at radius 1 is 0.507 bits per heavy atom. The molecule has 2 rings (SSSR count). The minimum Gasteiger partial charge on any atom is -0.491 e. The zero-order chi connectivity index (χ0) is 52.2. The largest absolute Gasteiger partial charge is 0.491 e. The number of aliphatic hydroxyl groups is 1. The standard InChI is InChI=1S/C27H41BrO6.C23H36O5.C4H6Br2O/c1-6-17-31-20-21-32-23-15-13-22(14-16-23)24(29)27(4,5)34-19-12-10-8-7-9-11-18-33-25(30)26(2,3)28;1-4-16-26-18-19-27-21-13-11-20(12-14-21)22(25)23(2,3)28-17-10-8-6-5-7-9-15-24;1-4(2,6)3(5)7/h6,13-16H,1,7-12,17-21H2,2-5H3;4,11-14,24H,1,5-10,15-19H2,2-3H3;1-2H3. The molecule has 0 bridgehead atoms. The summed E-state index contributed by atoms with van der Waals surface area (Å²) in [7, 11) is 0. The molecule has 12 nitrogen and oxygen atoms in total. The van der Waals surface area contributed by atoms with Crippen LogP contribution in [0.15, 0.2) is 73.8 Å². The first-order valence-electron chi connectivity index (χ1n) is 24.1. The minimum absolute atomic E-state index is 0.0278. The lowest BCUT2D eigenvalue weighted by atomic mass is 9.96. The molecule has 0 saturated carbocycles. The number of Topliss-reactive ketones (excluding diaryl/α,β-unsaturated/α-hetero) is 2. The third kappa shape index (κ3) is 33.5. The molecule has 0 spiro atoms. The average molecular weight is 1160 g/mol. The first-order chi connectivity index (χ1) is 32.5. The van der Waals surface area contributed by atoms with Gasteiger partial charge in [-0.15, -0.1) is 13.2 Å². The molecule has 0 aliphatic rings. The number of hydrogen-bond acceptors (Lipinski definition) is 12. The van der Waals surface area contributed by atoms with Gasteiger partial charge in [-0.3, -0.25) is 19.2 Å². The zero-order valence-corrected chi connectivity index (χ0v) is 47.6. The van der Waals surface area contributed by atoms with E-state index in [2.05, 4.69) is 60.9 Å². The number of esters is 1. The molecule has 0 unspecified atom stereocenters. The van der Waals surface area contributed by atoms with E-state index in [0.717, 1.165) is 77.0 Å². The van der Waals surface area contributed by atoms with Gasteiger partial charge in [0.2, 0.25) is 4.69 Å². The van der Waals surface area contributed by atoms with Gasteiger partial charge < -0.3 is 38.3 Å². The van der Waals surface area contributed by atoms with E-state index in [1.807, 2.05) is 27.7 Å². The average Bonchev–Trinajstić information content (AvgIpc) is 3.30. The second-order valence-corrected chi connectivity index (χ2v) is 22.9. The highest BCUT2D eigenvalue weighted by Crippen LogP contribution is 2.23. The number of alkyl halides is 2. The summed E-state index contributed by atoms with van der Waals surface area (Å²) in [5.41, 5.74) is -0.514. The summed E-state index contributed by atoms with van der Waals surface area (Å²) in [6.07, 6.45) is 15.7. The molecule has 69 heavy (non-hydrogen) atoms. The van der Waals surface area contributed by atoms with Crippen LogP contribution in [0.1, 0.15) is 153 Å². The second-order valence-electron chi connectivity index (χ2n) is 18.2. The van der Waals surface area contributed by atoms with Crippen molar-refractivity contribution in [1.29, 1.82) is 0 Å². The zero-order valence-electron chi connectivity index (χ0n) is 42.8. The van der Waals surface area contributed by atoms with Gasteiger partial charge in [0.1, 0.15) is 40.2 Å². The lowest BCUT2D eigenvalue weighted by Gasteiger charge is -2.24. The van der Waals surface area contributed by atoms with Crippen molar-refractivity contribution in [1.82, 2.24) is 0 Å². The Morgan fingerprint density at radius 3 is 1.16 bits per heavy atom. The first kappa shape index (κ1) is 66.2. The molecule has 392 valence electrons. The summed E-state index contributed by atoms with van der Waals surface area (Å²) in [4.78, 5) is 47.6. The molecule has 0 aliphatic heterocycles. The van der Waals surface area contributed by atoms with Gasteiger partial charge in [-0.1, -0.05) is 95.4 Å². The Hall–Kier alpha value is -2.76. The van der Waals surface area contributed by atoms with Crippen LogP contribution in [0.2, 0.25) is 0 Å². The first-order valence-corrected chi connectivity index (χ1v) is 26.5. The number of benzene rings is 2. The van der Waals surface area contributed by atoms with Gasteiger partial charge >= 0.3 is 5.97 Å². The number of carbonyl (C=O) groups is 4. The molecule has 0 fully saturated rings. The van der Waals surface area contributed by atoms with E-state index in [1.165, 1.54) is 0 Å². The Bertz CT molecular complexity index is 1720. The predicted octanol–water partition coefficient (Wildman–Crippen LogP) is 13.0. The maximum Gasteiger partial charge on any atom is 0.322 e. The second kappa shape index (κ2) is 37.9.